The molecule has 6 nitrogen and oxygen atoms in total. The van der Waals surface area contributed by atoms with Gasteiger partial charge in [-0.05, 0) is 11.5 Å². The Morgan fingerprint density at radius 1 is 1.20 bits per heavy atom. The number of benzene rings is 1. The van der Waals surface area contributed by atoms with Gasteiger partial charge >= 0.3 is 0 Å². The Morgan fingerprint density at radius 3 is 2.48 bits per heavy atom. The maximum Gasteiger partial charge on any atom is 0.234 e. The molecule has 0 saturated heterocycles. The van der Waals surface area contributed by atoms with E-state index in [1.54, 1.807) is 0 Å². The Hall–Kier alpha value is -2.34. The summed E-state index contributed by atoms with van der Waals surface area (Å²) < 4.78 is 1.90. The van der Waals surface area contributed by atoms with Gasteiger partial charge in [-0.2, -0.15) is 5.10 Å². The highest BCUT2D eigenvalue weighted by molar-refractivity contribution is 5.78. The highest BCUT2D eigenvalue weighted by atomic mass is 16.1. The summed E-state index contributed by atoms with van der Waals surface area (Å²) in [6.45, 7) is 5.73. The lowest BCUT2D eigenvalue weighted by Gasteiger charge is -2.16. The lowest BCUT2D eigenvalue weighted by molar-refractivity contribution is -0.120. The molecule has 0 unspecified atom stereocenters. The number of hydrogen-bond acceptors (Lipinski definition) is 4. The minimum Gasteiger partial charge on any atom is -0.363 e. The maximum atomic E-state index is 12.0. The highest BCUT2D eigenvalue weighted by Crippen LogP contribution is 2.26. The Morgan fingerprint density at radius 2 is 1.88 bits per heavy atom. The average Bonchev–Trinajstić information content (AvgIpc) is 2.91. The van der Waals surface area contributed by atoms with E-state index in [0.717, 1.165) is 22.6 Å². The lowest BCUT2D eigenvalue weighted by Crippen LogP contribution is -2.33. The molecule has 1 aromatic carbocycles. The van der Waals surface area contributed by atoms with Crippen LogP contribution in [0.4, 0.5) is 5.82 Å². The second-order valence-corrected chi connectivity index (χ2v) is 6.73. The Labute approximate surface area is 150 Å². The molecule has 1 aromatic heterocycles. The van der Waals surface area contributed by atoms with Crippen LogP contribution in [0.5, 0.6) is 0 Å². The monoisotopic (exact) mass is 343 g/mol. The molecule has 0 aliphatic carbocycles. The number of rotatable bonds is 8. The van der Waals surface area contributed by atoms with Gasteiger partial charge in [-0.25, -0.2) is 0 Å². The number of anilines is 1. The number of amides is 1. The summed E-state index contributed by atoms with van der Waals surface area (Å²) in [5, 5.41) is 10.8. The van der Waals surface area contributed by atoms with E-state index >= 15 is 0 Å². The van der Waals surface area contributed by atoms with Crippen molar-refractivity contribution in [3.05, 3.63) is 47.2 Å². The van der Waals surface area contributed by atoms with Crippen LogP contribution < -0.4 is 15.5 Å². The number of carbonyl (C=O) groups excluding carboxylic acids is 1. The van der Waals surface area contributed by atoms with Crippen molar-refractivity contribution in [2.24, 2.45) is 7.05 Å². The normalized spacial score (nSPS) is 11.0. The first-order valence-corrected chi connectivity index (χ1v) is 8.64. The lowest BCUT2D eigenvalue weighted by atomic mass is 10.1. The van der Waals surface area contributed by atoms with Crippen LogP contribution in [-0.2, 0) is 24.9 Å². The van der Waals surface area contributed by atoms with Crippen LogP contribution in [-0.4, -0.2) is 36.3 Å². The van der Waals surface area contributed by atoms with Crippen molar-refractivity contribution in [1.29, 1.82) is 0 Å². The van der Waals surface area contributed by atoms with Crippen LogP contribution in [0.3, 0.4) is 0 Å². The first-order chi connectivity index (χ1) is 11.9. The highest BCUT2D eigenvalue weighted by Gasteiger charge is 2.19. The molecule has 0 bridgehead atoms. The summed E-state index contributed by atoms with van der Waals surface area (Å²) in [5.41, 5.74) is 3.32. The number of aryl methyl sites for hydroxylation is 1. The standard InChI is InChI=1S/C19H29N5O/c1-14(2)18-16(19(23(3)4)24(5)22-18)12-20-13-17(25)21-11-15-9-7-6-8-10-15/h6-10,14,20H,11-13H2,1-5H3,(H,21,25). The van der Waals surface area contributed by atoms with Crippen LogP contribution in [0.1, 0.15) is 36.6 Å². The molecule has 0 aliphatic rings. The van der Waals surface area contributed by atoms with Crippen molar-refractivity contribution < 1.29 is 4.79 Å². The fourth-order valence-corrected chi connectivity index (χ4v) is 2.93. The molecular weight excluding hydrogens is 314 g/mol. The molecule has 136 valence electrons. The molecule has 0 radical (unpaired) electrons. The van der Waals surface area contributed by atoms with E-state index in [9.17, 15) is 4.79 Å². The van der Waals surface area contributed by atoms with E-state index in [0.29, 0.717) is 19.0 Å². The molecule has 6 heteroatoms. The van der Waals surface area contributed by atoms with E-state index in [1.165, 1.54) is 0 Å². The smallest absolute Gasteiger partial charge is 0.234 e. The molecule has 2 aromatic rings. The fraction of sp³-hybridized carbons (Fsp3) is 0.474. The van der Waals surface area contributed by atoms with Crippen molar-refractivity contribution in [3.63, 3.8) is 0 Å². The van der Waals surface area contributed by atoms with Gasteiger partial charge in [-0.15, -0.1) is 0 Å². The van der Waals surface area contributed by atoms with E-state index in [-0.39, 0.29) is 12.5 Å². The molecule has 0 saturated carbocycles. The zero-order valence-electron chi connectivity index (χ0n) is 15.8. The van der Waals surface area contributed by atoms with Gasteiger partial charge in [-0.1, -0.05) is 44.2 Å². The van der Waals surface area contributed by atoms with E-state index in [2.05, 4.69) is 34.5 Å². The maximum absolute atomic E-state index is 12.0. The molecule has 0 fully saturated rings. The summed E-state index contributed by atoms with van der Waals surface area (Å²) in [6, 6.07) is 9.91. The Balaban J connectivity index is 1.91. The summed E-state index contributed by atoms with van der Waals surface area (Å²) in [4.78, 5) is 14.1. The van der Waals surface area contributed by atoms with E-state index in [4.69, 9.17) is 0 Å². The zero-order valence-corrected chi connectivity index (χ0v) is 15.8. The summed E-state index contributed by atoms with van der Waals surface area (Å²) >= 11 is 0. The number of nitrogens with one attached hydrogen (secondary N) is 2. The zero-order chi connectivity index (χ0) is 18.4. The number of carbonyl (C=O) groups is 1. The average molecular weight is 343 g/mol. The molecule has 2 N–H and O–H groups in total. The summed E-state index contributed by atoms with van der Waals surface area (Å²) in [7, 11) is 5.98. The molecule has 0 aliphatic heterocycles. The molecule has 2 rings (SSSR count). The van der Waals surface area contributed by atoms with Gasteiger partial charge < -0.3 is 15.5 Å². The number of aromatic nitrogens is 2. The van der Waals surface area contributed by atoms with Crippen molar-refractivity contribution >= 4 is 11.7 Å². The van der Waals surface area contributed by atoms with Gasteiger partial charge in [0.2, 0.25) is 5.91 Å². The topological polar surface area (TPSA) is 62.2 Å². The molecule has 1 amide bonds. The largest absolute Gasteiger partial charge is 0.363 e. The van der Waals surface area contributed by atoms with Crippen LogP contribution in [0.15, 0.2) is 30.3 Å². The molecular formula is C19H29N5O. The third kappa shape index (κ3) is 5.06. The fourth-order valence-electron chi connectivity index (χ4n) is 2.93. The number of hydrogen-bond donors (Lipinski definition) is 2. The van der Waals surface area contributed by atoms with Gasteiger partial charge in [0.25, 0.3) is 0 Å². The minimum absolute atomic E-state index is 0.00903. The van der Waals surface area contributed by atoms with Crippen molar-refractivity contribution in [2.75, 3.05) is 25.5 Å². The Kier molecular flexibility index (Phi) is 6.58. The third-order valence-electron chi connectivity index (χ3n) is 4.03. The SMILES string of the molecule is CC(C)c1nn(C)c(N(C)C)c1CNCC(=O)NCc1ccccc1. The quantitative estimate of drug-likeness (QED) is 0.770. The van der Waals surface area contributed by atoms with Gasteiger partial charge in [0, 0.05) is 39.8 Å². The minimum atomic E-state index is -0.00903. The Bertz CT molecular complexity index is 691. The van der Waals surface area contributed by atoms with Gasteiger partial charge in [0.05, 0.1) is 12.2 Å². The third-order valence-corrected chi connectivity index (χ3v) is 4.03. The van der Waals surface area contributed by atoms with Crippen LogP contribution in [0.2, 0.25) is 0 Å². The summed E-state index contributed by atoms with van der Waals surface area (Å²) in [5.74, 6) is 1.40. The van der Waals surface area contributed by atoms with Crippen molar-refractivity contribution in [2.45, 2.75) is 32.9 Å². The summed E-state index contributed by atoms with van der Waals surface area (Å²) in [6.07, 6.45) is 0. The van der Waals surface area contributed by atoms with Crippen LogP contribution in [0, 0.1) is 0 Å². The predicted molar refractivity (Wildman–Crippen MR) is 102 cm³/mol. The number of nitrogens with zero attached hydrogens (tertiary/aromatic N) is 3. The first kappa shape index (κ1) is 19.0. The van der Waals surface area contributed by atoms with Crippen LogP contribution in [0.25, 0.3) is 0 Å². The van der Waals surface area contributed by atoms with E-state index < -0.39 is 0 Å². The van der Waals surface area contributed by atoms with Gasteiger partial charge in [0.15, 0.2) is 0 Å². The van der Waals surface area contributed by atoms with E-state index in [1.807, 2.05) is 56.2 Å². The molecule has 1 heterocycles. The predicted octanol–water partition coefficient (Wildman–Crippen LogP) is 2.02. The second-order valence-electron chi connectivity index (χ2n) is 6.73. The molecule has 0 spiro atoms. The van der Waals surface area contributed by atoms with Gasteiger partial charge in [-0.3, -0.25) is 9.48 Å². The van der Waals surface area contributed by atoms with Crippen molar-refractivity contribution in [1.82, 2.24) is 20.4 Å². The molecule has 25 heavy (non-hydrogen) atoms. The first-order valence-electron chi connectivity index (χ1n) is 8.64. The van der Waals surface area contributed by atoms with Crippen LogP contribution >= 0.6 is 0 Å². The second kappa shape index (κ2) is 8.67. The molecule has 0 atom stereocenters. The van der Waals surface area contributed by atoms with Crippen molar-refractivity contribution in [3.8, 4) is 0 Å². The van der Waals surface area contributed by atoms with Gasteiger partial charge in [0.1, 0.15) is 5.82 Å².